The minimum absolute atomic E-state index is 0.121. The van der Waals surface area contributed by atoms with Gasteiger partial charge in [0.2, 0.25) is 0 Å². The quantitative estimate of drug-likeness (QED) is 0.928. The van der Waals surface area contributed by atoms with Gasteiger partial charge in [-0.3, -0.25) is 4.79 Å². The molecule has 1 aromatic heterocycles. The number of aromatic amines is 1. The maximum atomic E-state index is 12.3. The number of aliphatic carboxylic acids is 1. The molecular weight excluding hydrogens is 298 g/mol. The van der Waals surface area contributed by atoms with Crippen LogP contribution in [0.5, 0.6) is 0 Å². The SMILES string of the molecule is Cc1[nH]c2ccc(Br)cc2c(=O)c1CCC(=O)[O-]. The average Bonchev–Trinajstić information content (AvgIpc) is 2.30. The maximum absolute atomic E-state index is 12.3. The topological polar surface area (TPSA) is 73.0 Å². The first-order valence-electron chi connectivity index (χ1n) is 5.50. The van der Waals surface area contributed by atoms with E-state index in [-0.39, 0.29) is 18.3 Å². The lowest BCUT2D eigenvalue weighted by Gasteiger charge is -2.08. The lowest BCUT2D eigenvalue weighted by Crippen LogP contribution is -2.24. The number of carboxylic acid groups (broad SMARTS) is 1. The highest BCUT2D eigenvalue weighted by molar-refractivity contribution is 9.10. The molecule has 4 nitrogen and oxygen atoms in total. The molecule has 0 atom stereocenters. The fourth-order valence-corrected chi connectivity index (χ4v) is 2.31. The number of aromatic nitrogens is 1. The summed E-state index contributed by atoms with van der Waals surface area (Å²) in [5.74, 6) is -1.15. The lowest BCUT2D eigenvalue weighted by molar-refractivity contribution is -0.305. The molecule has 5 heteroatoms. The van der Waals surface area contributed by atoms with E-state index >= 15 is 0 Å². The molecule has 0 bridgehead atoms. The Morgan fingerprint density at radius 1 is 1.44 bits per heavy atom. The van der Waals surface area contributed by atoms with Crippen molar-refractivity contribution in [3.8, 4) is 0 Å². The molecule has 94 valence electrons. The van der Waals surface area contributed by atoms with Gasteiger partial charge in [-0.05, 0) is 38.0 Å². The smallest absolute Gasteiger partial charge is 0.192 e. The standard InChI is InChI=1S/C13H12BrNO3/c1-7-9(3-5-12(16)17)13(18)10-6-8(14)2-4-11(10)15-7/h2,4,6H,3,5H2,1H3,(H,15,18)(H,16,17)/p-1. The van der Waals surface area contributed by atoms with Crippen LogP contribution in [0.2, 0.25) is 0 Å². The first-order valence-corrected chi connectivity index (χ1v) is 6.29. The summed E-state index contributed by atoms with van der Waals surface area (Å²) in [7, 11) is 0. The van der Waals surface area contributed by atoms with E-state index in [1.807, 2.05) is 12.1 Å². The van der Waals surface area contributed by atoms with Crippen LogP contribution >= 0.6 is 15.9 Å². The number of aryl methyl sites for hydroxylation is 1. The van der Waals surface area contributed by atoms with Crippen LogP contribution in [0.15, 0.2) is 27.5 Å². The second-order valence-corrected chi connectivity index (χ2v) is 5.04. The molecule has 2 rings (SSSR count). The zero-order valence-corrected chi connectivity index (χ0v) is 11.3. The third kappa shape index (κ3) is 2.46. The fourth-order valence-electron chi connectivity index (χ4n) is 1.95. The molecule has 0 unspecified atom stereocenters. The van der Waals surface area contributed by atoms with Gasteiger partial charge in [-0.2, -0.15) is 0 Å². The minimum atomic E-state index is -1.15. The fraction of sp³-hybridized carbons (Fsp3) is 0.231. The summed E-state index contributed by atoms with van der Waals surface area (Å²) in [6.07, 6.45) is 0.0371. The van der Waals surface area contributed by atoms with Gasteiger partial charge in [0.15, 0.2) is 5.43 Å². The Bertz CT molecular complexity index is 676. The van der Waals surface area contributed by atoms with E-state index in [2.05, 4.69) is 20.9 Å². The highest BCUT2D eigenvalue weighted by atomic mass is 79.9. The highest BCUT2D eigenvalue weighted by Crippen LogP contribution is 2.17. The number of carbonyl (C=O) groups is 1. The van der Waals surface area contributed by atoms with Gasteiger partial charge in [0.25, 0.3) is 0 Å². The number of fused-ring (bicyclic) bond motifs is 1. The van der Waals surface area contributed by atoms with Gasteiger partial charge in [0.1, 0.15) is 0 Å². The molecule has 0 saturated carbocycles. The van der Waals surface area contributed by atoms with E-state index in [0.717, 1.165) is 9.99 Å². The number of benzene rings is 1. The molecule has 1 aromatic carbocycles. The molecule has 0 aliphatic carbocycles. The molecule has 0 saturated heterocycles. The van der Waals surface area contributed by atoms with Crippen LogP contribution in [-0.4, -0.2) is 11.0 Å². The van der Waals surface area contributed by atoms with Crippen molar-refractivity contribution in [1.29, 1.82) is 0 Å². The number of carboxylic acids is 1. The number of hydrogen-bond acceptors (Lipinski definition) is 3. The molecular formula is C13H11BrNO3-. The van der Waals surface area contributed by atoms with Crippen molar-refractivity contribution in [2.75, 3.05) is 0 Å². The molecule has 0 aliphatic heterocycles. The Hall–Kier alpha value is -1.62. The summed E-state index contributed by atoms with van der Waals surface area (Å²) in [5, 5.41) is 11.0. The maximum Gasteiger partial charge on any atom is 0.192 e. The minimum Gasteiger partial charge on any atom is -0.550 e. The van der Waals surface area contributed by atoms with E-state index in [9.17, 15) is 14.7 Å². The van der Waals surface area contributed by atoms with Gasteiger partial charge in [0, 0.05) is 32.6 Å². The van der Waals surface area contributed by atoms with Crippen LogP contribution in [0, 0.1) is 6.92 Å². The van der Waals surface area contributed by atoms with E-state index in [1.54, 1.807) is 13.0 Å². The Kier molecular flexibility index (Phi) is 3.52. The summed E-state index contributed by atoms with van der Waals surface area (Å²) in [6.45, 7) is 1.77. The largest absolute Gasteiger partial charge is 0.550 e. The number of nitrogens with one attached hydrogen (secondary N) is 1. The third-order valence-corrected chi connectivity index (χ3v) is 3.35. The highest BCUT2D eigenvalue weighted by Gasteiger charge is 2.09. The zero-order chi connectivity index (χ0) is 13.3. The van der Waals surface area contributed by atoms with Crippen molar-refractivity contribution >= 4 is 32.8 Å². The summed E-state index contributed by atoms with van der Waals surface area (Å²) in [4.78, 5) is 25.9. The van der Waals surface area contributed by atoms with Crippen LogP contribution in [0.3, 0.4) is 0 Å². The van der Waals surface area contributed by atoms with Crippen LogP contribution < -0.4 is 10.5 Å². The molecule has 1 heterocycles. The predicted molar refractivity (Wildman–Crippen MR) is 70.3 cm³/mol. The monoisotopic (exact) mass is 308 g/mol. The molecule has 1 N–H and O–H groups in total. The second-order valence-electron chi connectivity index (χ2n) is 4.12. The van der Waals surface area contributed by atoms with Crippen molar-refractivity contribution in [1.82, 2.24) is 4.98 Å². The predicted octanol–water partition coefficient (Wildman–Crippen LogP) is 1.28. The van der Waals surface area contributed by atoms with E-state index < -0.39 is 5.97 Å². The van der Waals surface area contributed by atoms with E-state index in [0.29, 0.717) is 16.6 Å². The molecule has 0 fully saturated rings. The number of rotatable bonds is 3. The average molecular weight is 309 g/mol. The Labute approximate surface area is 112 Å². The first kappa shape index (κ1) is 12.8. The van der Waals surface area contributed by atoms with Crippen molar-refractivity contribution < 1.29 is 9.90 Å². The Morgan fingerprint density at radius 2 is 2.17 bits per heavy atom. The van der Waals surface area contributed by atoms with Gasteiger partial charge in [-0.15, -0.1) is 0 Å². The zero-order valence-electron chi connectivity index (χ0n) is 9.75. The van der Waals surface area contributed by atoms with Crippen LogP contribution in [0.1, 0.15) is 17.7 Å². The Balaban J connectivity index is 2.60. The normalized spacial score (nSPS) is 10.8. The number of hydrogen-bond donors (Lipinski definition) is 1. The van der Waals surface area contributed by atoms with Crippen LogP contribution in [0.4, 0.5) is 0 Å². The van der Waals surface area contributed by atoms with Gasteiger partial charge in [-0.1, -0.05) is 15.9 Å². The van der Waals surface area contributed by atoms with Crippen molar-refractivity contribution in [2.45, 2.75) is 19.8 Å². The van der Waals surface area contributed by atoms with Gasteiger partial charge >= 0.3 is 0 Å². The summed E-state index contributed by atoms with van der Waals surface area (Å²) >= 11 is 3.31. The number of H-pyrrole nitrogens is 1. The van der Waals surface area contributed by atoms with Gasteiger partial charge < -0.3 is 14.9 Å². The molecule has 0 aliphatic rings. The number of carbonyl (C=O) groups excluding carboxylic acids is 1. The van der Waals surface area contributed by atoms with Crippen LogP contribution in [-0.2, 0) is 11.2 Å². The number of pyridine rings is 1. The molecule has 2 aromatic rings. The van der Waals surface area contributed by atoms with Crippen molar-refractivity contribution in [3.05, 3.63) is 44.2 Å². The molecule has 0 radical (unpaired) electrons. The summed E-state index contributed by atoms with van der Waals surface area (Å²) < 4.78 is 0.815. The van der Waals surface area contributed by atoms with Gasteiger partial charge in [-0.25, -0.2) is 0 Å². The number of halogens is 1. The summed E-state index contributed by atoms with van der Waals surface area (Å²) in [5.41, 5.74) is 1.84. The van der Waals surface area contributed by atoms with Gasteiger partial charge in [0.05, 0.1) is 0 Å². The lowest BCUT2D eigenvalue weighted by atomic mass is 10.0. The van der Waals surface area contributed by atoms with Crippen molar-refractivity contribution in [3.63, 3.8) is 0 Å². The van der Waals surface area contributed by atoms with Crippen molar-refractivity contribution in [2.24, 2.45) is 0 Å². The van der Waals surface area contributed by atoms with E-state index in [1.165, 1.54) is 0 Å². The molecule has 0 spiro atoms. The Morgan fingerprint density at radius 3 is 2.83 bits per heavy atom. The third-order valence-electron chi connectivity index (χ3n) is 2.85. The first-order chi connectivity index (χ1) is 8.49. The molecule has 0 amide bonds. The molecule has 18 heavy (non-hydrogen) atoms. The second kappa shape index (κ2) is 4.94. The van der Waals surface area contributed by atoms with Crippen LogP contribution in [0.25, 0.3) is 10.9 Å². The van der Waals surface area contributed by atoms with E-state index in [4.69, 9.17) is 0 Å². The summed E-state index contributed by atoms with van der Waals surface area (Å²) in [6, 6.07) is 5.39.